The molecule has 0 aliphatic rings. The predicted octanol–water partition coefficient (Wildman–Crippen LogP) is 2.19. The molecule has 0 radical (unpaired) electrons. The van der Waals surface area contributed by atoms with E-state index in [4.69, 9.17) is 10.9 Å². The third kappa shape index (κ3) is 3.09. The number of rotatable bonds is 3. The Kier molecular flexibility index (Phi) is 3.90. The fourth-order valence-corrected chi connectivity index (χ4v) is 1.77. The average Bonchev–Trinajstić information content (AvgIpc) is 2.20. The Labute approximate surface area is 90.0 Å². The Morgan fingerprint density at radius 1 is 1.53 bits per heavy atom. The summed E-state index contributed by atoms with van der Waals surface area (Å²) in [5.74, 6) is -1.30. The van der Waals surface area contributed by atoms with Crippen molar-refractivity contribution in [3.8, 4) is 0 Å². The molecule has 0 aromatic heterocycles. The molecule has 0 saturated carbocycles. The summed E-state index contributed by atoms with van der Waals surface area (Å²) < 4.78 is 25.7. The average molecular weight is 232 g/mol. The molecule has 1 aromatic rings. The molecule has 0 spiro atoms. The Bertz CT molecular complexity index is 384. The van der Waals surface area contributed by atoms with E-state index < -0.39 is 11.6 Å². The number of hydrogen-bond donors (Lipinski definition) is 2. The lowest BCUT2D eigenvalue weighted by Gasteiger charge is -2.09. The molecule has 15 heavy (non-hydrogen) atoms. The first-order valence-corrected chi connectivity index (χ1v) is 5.01. The van der Waals surface area contributed by atoms with E-state index in [1.807, 2.05) is 0 Å². The fraction of sp³-hybridized carbons (Fsp3) is 0.222. The number of nitrogens with zero attached hydrogens (tertiary/aromatic N) is 1. The lowest BCUT2D eigenvalue weighted by Crippen LogP contribution is -2.23. The molecule has 0 amide bonds. The van der Waals surface area contributed by atoms with Crippen molar-refractivity contribution >= 4 is 17.6 Å². The van der Waals surface area contributed by atoms with Crippen LogP contribution in [0.15, 0.2) is 28.3 Å². The molecule has 0 heterocycles. The fourth-order valence-electron chi connectivity index (χ4n) is 0.903. The Morgan fingerprint density at radius 2 is 2.20 bits per heavy atom. The first kappa shape index (κ1) is 11.8. The molecule has 6 heteroatoms. The normalized spacial score (nSPS) is 13.9. The van der Waals surface area contributed by atoms with Crippen molar-refractivity contribution in [2.75, 3.05) is 0 Å². The summed E-state index contributed by atoms with van der Waals surface area (Å²) in [6.45, 7) is 1.66. The Hall–Kier alpha value is -1.30. The largest absolute Gasteiger partial charge is 0.409 e. The highest BCUT2D eigenvalue weighted by Crippen LogP contribution is 2.26. The van der Waals surface area contributed by atoms with E-state index in [0.717, 1.165) is 23.9 Å². The number of halogens is 2. The minimum atomic E-state index is -0.655. The third-order valence-electron chi connectivity index (χ3n) is 1.73. The van der Waals surface area contributed by atoms with E-state index in [9.17, 15) is 8.78 Å². The van der Waals surface area contributed by atoms with Crippen LogP contribution >= 0.6 is 11.8 Å². The van der Waals surface area contributed by atoms with Gasteiger partial charge in [0.15, 0.2) is 5.84 Å². The van der Waals surface area contributed by atoms with Gasteiger partial charge in [0.2, 0.25) is 0 Å². The van der Waals surface area contributed by atoms with Crippen LogP contribution in [0.4, 0.5) is 8.78 Å². The van der Waals surface area contributed by atoms with Crippen molar-refractivity contribution < 1.29 is 14.0 Å². The predicted molar refractivity (Wildman–Crippen MR) is 55.1 cm³/mol. The van der Waals surface area contributed by atoms with Gasteiger partial charge in [-0.2, -0.15) is 0 Å². The number of amidine groups is 1. The summed E-state index contributed by atoms with van der Waals surface area (Å²) in [7, 11) is 0. The van der Waals surface area contributed by atoms with E-state index in [-0.39, 0.29) is 16.0 Å². The molecule has 0 bridgehead atoms. The molecular weight excluding hydrogens is 222 g/mol. The molecule has 3 nitrogen and oxygen atoms in total. The second kappa shape index (κ2) is 4.97. The summed E-state index contributed by atoms with van der Waals surface area (Å²) in [4.78, 5) is 0.260. The molecule has 1 aromatic carbocycles. The van der Waals surface area contributed by atoms with E-state index in [1.165, 1.54) is 6.07 Å². The van der Waals surface area contributed by atoms with Crippen molar-refractivity contribution in [2.24, 2.45) is 10.9 Å². The van der Waals surface area contributed by atoms with Crippen LogP contribution in [0.5, 0.6) is 0 Å². The van der Waals surface area contributed by atoms with Gasteiger partial charge in [-0.3, -0.25) is 0 Å². The topological polar surface area (TPSA) is 58.6 Å². The zero-order chi connectivity index (χ0) is 11.4. The Morgan fingerprint density at radius 3 is 2.73 bits per heavy atom. The van der Waals surface area contributed by atoms with Crippen LogP contribution in [0.2, 0.25) is 0 Å². The maximum atomic E-state index is 13.2. The summed E-state index contributed by atoms with van der Waals surface area (Å²) >= 11 is 1.05. The number of benzene rings is 1. The summed E-state index contributed by atoms with van der Waals surface area (Å²) in [5.41, 5.74) is 5.33. The number of nitrogens with two attached hydrogens (primary N) is 1. The van der Waals surface area contributed by atoms with Crippen molar-refractivity contribution in [3.63, 3.8) is 0 Å². The van der Waals surface area contributed by atoms with Gasteiger partial charge in [-0.1, -0.05) is 5.16 Å². The highest BCUT2D eigenvalue weighted by atomic mass is 32.2. The summed E-state index contributed by atoms with van der Waals surface area (Å²) in [5, 5.41) is 10.8. The van der Waals surface area contributed by atoms with Crippen LogP contribution in [-0.4, -0.2) is 16.3 Å². The van der Waals surface area contributed by atoms with Crippen LogP contribution in [0.25, 0.3) is 0 Å². The van der Waals surface area contributed by atoms with Crippen molar-refractivity contribution in [2.45, 2.75) is 17.1 Å². The summed E-state index contributed by atoms with van der Waals surface area (Å²) in [6, 6.07) is 3.27. The standard InChI is InChI=1S/C9H10F2N2OS/c1-5(9(12)13-14)15-8-3-2-6(10)4-7(8)11/h2-5,14H,1H3,(H2,12,13). The van der Waals surface area contributed by atoms with Crippen LogP contribution in [0.3, 0.4) is 0 Å². The molecule has 1 unspecified atom stereocenters. The lowest BCUT2D eigenvalue weighted by molar-refractivity contribution is 0.317. The van der Waals surface area contributed by atoms with E-state index in [2.05, 4.69) is 5.16 Å². The zero-order valence-electron chi connectivity index (χ0n) is 7.95. The van der Waals surface area contributed by atoms with Gasteiger partial charge in [0.05, 0.1) is 5.25 Å². The maximum absolute atomic E-state index is 13.2. The van der Waals surface area contributed by atoms with Gasteiger partial charge >= 0.3 is 0 Å². The molecule has 0 saturated heterocycles. The van der Waals surface area contributed by atoms with Crippen LogP contribution in [0.1, 0.15) is 6.92 Å². The maximum Gasteiger partial charge on any atom is 0.152 e. The lowest BCUT2D eigenvalue weighted by atomic mass is 10.3. The monoisotopic (exact) mass is 232 g/mol. The summed E-state index contributed by atoms with van der Waals surface area (Å²) in [6.07, 6.45) is 0. The smallest absolute Gasteiger partial charge is 0.152 e. The quantitative estimate of drug-likeness (QED) is 0.276. The third-order valence-corrected chi connectivity index (χ3v) is 2.91. The van der Waals surface area contributed by atoms with Gasteiger partial charge in [-0.05, 0) is 19.1 Å². The molecule has 0 aliphatic heterocycles. The molecule has 1 atom stereocenters. The number of thioether (sulfide) groups is 1. The SMILES string of the molecule is CC(Sc1ccc(F)cc1F)C(N)=NO. The number of hydrogen-bond acceptors (Lipinski definition) is 3. The first-order valence-electron chi connectivity index (χ1n) is 4.13. The highest BCUT2D eigenvalue weighted by molar-refractivity contribution is 8.00. The zero-order valence-corrected chi connectivity index (χ0v) is 8.76. The van der Waals surface area contributed by atoms with Gasteiger partial charge in [0.25, 0.3) is 0 Å². The Balaban J connectivity index is 2.81. The van der Waals surface area contributed by atoms with E-state index in [0.29, 0.717) is 0 Å². The van der Waals surface area contributed by atoms with Crippen molar-refractivity contribution in [1.82, 2.24) is 0 Å². The molecule has 82 valence electrons. The van der Waals surface area contributed by atoms with E-state index >= 15 is 0 Å². The second-order valence-electron chi connectivity index (χ2n) is 2.86. The van der Waals surface area contributed by atoms with Crippen LogP contribution < -0.4 is 5.73 Å². The molecule has 0 fully saturated rings. The van der Waals surface area contributed by atoms with Crippen LogP contribution in [-0.2, 0) is 0 Å². The number of oxime groups is 1. The van der Waals surface area contributed by atoms with E-state index in [1.54, 1.807) is 6.92 Å². The van der Waals surface area contributed by atoms with Gasteiger partial charge < -0.3 is 10.9 Å². The molecule has 0 aliphatic carbocycles. The van der Waals surface area contributed by atoms with Gasteiger partial charge in [-0.15, -0.1) is 11.8 Å². The molecular formula is C9H10F2N2OS. The molecule has 3 N–H and O–H groups in total. The van der Waals surface area contributed by atoms with Crippen LogP contribution in [0, 0.1) is 11.6 Å². The van der Waals surface area contributed by atoms with Gasteiger partial charge in [0, 0.05) is 11.0 Å². The minimum Gasteiger partial charge on any atom is -0.409 e. The highest BCUT2D eigenvalue weighted by Gasteiger charge is 2.12. The molecule has 1 rings (SSSR count). The van der Waals surface area contributed by atoms with Gasteiger partial charge in [-0.25, -0.2) is 8.78 Å². The minimum absolute atomic E-state index is 0.0104. The second-order valence-corrected chi connectivity index (χ2v) is 4.24. The van der Waals surface area contributed by atoms with Gasteiger partial charge in [0.1, 0.15) is 11.6 Å². The van der Waals surface area contributed by atoms with Crippen molar-refractivity contribution in [3.05, 3.63) is 29.8 Å². The van der Waals surface area contributed by atoms with Crippen molar-refractivity contribution in [1.29, 1.82) is 0 Å². The first-order chi connectivity index (χ1) is 7.04.